The number of anilines is 3. The minimum atomic E-state index is -4.46. The summed E-state index contributed by atoms with van der Waals surface area (Å²) in [6.45, 7) is 0. The number of nitrogens with zero attached hydrogens (tertiary/aromatic N) is 4. The summed E-state index contributed by atoms with van der Waals surface area (Å²) in [6, 6.07) is 2.66. The number of hydrogen-bond donors (Lipinski definition) is 2. The number of alkyl halides is 3. The second kappa shape index (κ2) is 7.26. The van der Waals surface area contributed by atoms with Crippen molar-refractivity contribution in [3.8, 4) is 0 Å². The number of rotatable bonds is 4. The van der Waals surface area contributed by atoms with E-state index >= 15 is 0 Å². The summed E-state index contributed by atoms with van der Waals surface area (Å²) in [5.41, 5.74) is 0.0482. The SMILES string of the molecule is FC(F)(F)c1ccc(Nc2ncnc3sc(NC4CCCCC4)nc23)cn1. The molecule has 0 bridgehead atoms. The van der Waals surface area contributed by atoms with Gasteiger partial charge in [0.25, 0.3) is 0 Å². The van der Waals surface area contributed by atoms with Crippen molar-refractivity contribution in [1.82, 2.24) is 19.9 Å². The third kappa shape index (κ3) is 4.10. The fourth-order valence-electron chi connectivity index (χ4n) is 3.10. The molecule has 0 spiro atoms. The van der Waals surface area contributed by atoms with Gasteiger partial charge in [-0.15, -0.1) is 0 Å². The van der Waals surface area contributed by atoms with Gasteiger partial charge in [0.1, 0.15) is 17.5 Å². The van der Waals surface area contributed by atoms with Crippen molar-refractivity contribution < 1.29 is 13.2 Å². The van der Waals surface area contributed by atoms with E-state index in [4.69, 9.17) is 0 Å². The van der Waals surface area contributed by atoms with Crippen LogP contribution in [0.4, 0.5) is 29.8 Å². The van der Waals surface area contributed by atoms with Gasteiger partial charge in [-0.05, 0) is 25.0 Å². The van der Waals surface area contributed by atoms with Gasteiger partial charge in [-0.2, -0.15) is 13.2 Å². The second-order valence-electron chi connectivity index (χ2n) is 6.43. The topological polar surface area (TPSA) is 75.6 Å². The molecule has 142 valence electrons. The minimum absolute atomic E-state index is 0.401. The smallest absolute Gasteiger partial charge is 0.359 e. The maximum atomic E-state index is 12.6. The Balaban J connectivity index is 1.54. The van der Waals surface area contributed by atoms with Gasteiger partial charge in [0.2, 0.25) is 0 Å². The summed E-state index contributed by atoms with van der Waals surface area (Å²) >= 11 is 1.44. The molecule has 10 heteroatoms. The summed E-state index contributed by atoms with van der Waals surface area (Å²) in [5.74, 6) is 0.439. The van der Waals surface area contributed by atoms with Gasteiger partial charge in [-0.1, -0.05) is 30.6 Å². The Morgan fingerprint density at radius 3 is 2.56 bits per heavy atom. The van der Waals surface area contributed by atoms with E-state index in [0.29, 0.717) is 27.9 Å². The van der Waals surface area contributed by atoms with Crippen molar-refractivity contribution in [2.45, 2.75) is 44.3 Å². The van der Waals surface area contributed by atoms with Crippen molar-refractivity contribution in [3.05, 3.63) is 30.4 Å². The maximum Gasteiger partial charge on any atom is 0.433 e. The molecule has 0 radical (unpaired) electrons. The van der Waals surface area contributed by atoms with E-state index in [9.17, 15) is 13.2 Å². The Hall–Kier alpha value is -2.49. The van der Waals surface area contributed by atoms with Gasteiger partial charge in [-0.25, -0.2) is 19.9 Å². The molecule has 0 amide bonds. The van der Waals surface area contributed by atoms with E-state index in [2.05, 4.69) is 30.6 Å². The number of pyridine rings is 1. The fraction of sp³-hybridized carbons (Fsp3) is 0.412. The van der Waals surface area contributed by atoms with Crippen LogP contribution in [0, 0.1) is 0 Å². The van der Waals surface area contributed by atoms with Crippen molar-refractivity contribution in [2.75, 3.05) is 10.6 Å². The molecule has 0 aromatic carbocycles. The highest BCUT2D eigenvalue weighted by atomic mass is 32.1. The predicted molar refractivity (Wildman–Crippen MR) is 98.2 cm³/mol. The Morgan fingerprint density at radius 1 is 1.04 bits per heavy atom. The Kier molecular flexibility index (Phi) is 4.81. The molecule has 3 aromatic heterocycles. The largest absolute Gasteiger partial charge is 0.433 e. The monoisotopic (exact) mass is 394 g/mol. The lowest BCUT2D eigenvalue weighted by molar-refractivity contribution is -0.141. The molecule has 0 saturated heterocycles. The van der Waals surface area contributed by atoms with Crippen molar-refractivity contribution >= 4 is 38.3 Å². The van der Waals surface area contributed by atoms with Crippen LogP contribution in [0.3, 0.4) is 0 Å². The first-order chi connectivity index (χ1) is 13.0. The third-order valence-corrected chi connectivity index (χ3v) is 5.34. The van der Waals surface area contributed by atoms with Crippen LogP contribution in [0.2, 0.25) is 0 Å². The summed E-state index contributed by atoms with van der Waals surface area (Å²) in [5, 5.41) is 7.22. The van der Waals surface area contributed by atoms with Gasteiger partial charge < -0.3 is 10.6 Å². The number of thiazole rings is 1. The molecule has 1 aliphatic carbocycles. The molecule has 0 atom stereocenters. The predicted octanol–water partition coefficient (Wildman–Crippen LogP) is 4.99. The Labute approximate surface area is 157 Å². The quantitative estimate of drug-likeness (QED) is 0.649. The van der Waals surface area contributed by atoms with Crippen LogP contribution in [0.15, 0.2) is 24.7 Å². The molecule has 1 aliphatic rings. The van der Waals surface area contributed by atoms with Gasteiger partial charge in [0, 0.05) is 6.04 Å². The standard InChI is InChI=1S/C17H17F3N6S/c18-17(19,20)12-7-6-11(8-21-12)24-14-13-15(23-9-22-14)27-16(26-13)25-10-4-2-1-3-5-10/h6-10H,1-5H2,(H,25,26)(H,22,23,24). The lowest BCUT2D eigenvalue weighted by Gasteiger charge is -2.22. The molecule has 0 unspecified atom stereocenters. The Morgan fingerprint density at radius 2 is 1.85 bits per heavy atom. The van der Waals surface area contributed by atoms with Crippen LogP contribution in [0.1, 0.15) is 37.8 Å². The molecule has 1 saturated carbocycles. The van der Waals surface area contributed by atoms with E-state index in [1.165, 1.54) is 43.0 Å². The number of nitrogens with one attached hydrogen (secondary N) is 2. The number of halogens is 3. The van der Waals surface area contributed by atoms with E-state index in [0.717, 1.165) is 30.2 Å². The fourth-order valence-corrected chi connectivity index (χ4v) is 3.99. The number of aromatic nitrogens is 4. The summed E-state index contributed by atoms with van der Waals surface area (Å²) in [4.78, 5) is 17.2. The van der Waals surface area contributed by atoms with Gasteiger partial charge in [-0.3, -0.25) is 0 Å². The van der Waals surface area contributed by atoms with Crippen molar-refractivity contribution in [3.63, 3.8) is 0 Å². The molecule has 2 N–H and O–H groups in total. The average Bonchev–Trinajstić information content (AvgIpc) is 3.06. The highest BCUT2D eigenvalue weighted by Crippen LogP contribution is 2.32. The average molecular weight is 394 g/mol. The number of fused-ring (bicyclic) bond motifs is 1. The first kappa shape index (κ1) is 17.9. The van der Waals surface area contributed by atoms with E-state index in [-0.39, 0.29) is 0 Å². The summed E-state index contributed by atoms with van der Waals surface area (Å²) in [7, 11) is 0. The third-order valence-electron chi connectivity index (χ3n) is 4.44. The molecule has 6 nitrogen and oxygen atoms in total. The van der Waals surface area contributed by atoms with E-state index < -0.39 is 11.9 Å². The van der Waals surface area contributed by atoms with Crippen LogP contribution in [0.25, 0.3) is 10.3 Å². The van der Waals surface area contributed by atoms with Crippen LogP contribution < -0.4 is 10.6 Å². The van der Waals surface area contributed by atoms with Gasteiger partial charge in [0.05, 0.1) is 11.9 Å². The van der Waals surface area contributed by atoms with Crippen LogP contribution in [-0.2, 0) is 6.18 Å². The highest BCUT2D eigenvalue weighted by Gasteiger charge is 2.32. The number of hydrogen-bond acceptors (Lipinski definition) is 7. The van der Waals surface area contributed by atoms with Crippen molar-refractivity contribution in [2.24, 2.45) is 0 Å². The molecule has 3 aromatic rings. The molecular weight excluding hydrogens is 377 g/mol. The second-order valence-corrected chi connectivity index (χ2v) is 7.41. The zero-order valence-corrected chi connectivity index (χ0v) is 15.1. The zero-order chi connectivity index (χ0) is 18.9. The van der Waals surface area contributed by atoms with E-state index in [1.54, 1.807) is 0 Å². The summed E-state index contributed by atoms with van der Waals surface area (Å²) < 4.78 is 37.9. The van der Waals surface area contributed by atoms with E-state index in [1.807, 2.05) is 0 Å². The van der Waals surface area contributed by atoms with Gasteiger partial charge >= 0.3 is 6.18 Å². The molecule has 27 heavy (non-hydrogen) atoms. The lowest BCUT2D eigenvalue weighted by atomic mass is 9.96. The molecule has 3 heterocycles. The van der Waals surface area contributed by atoms with Crippen molar-refractivity contribution in [1.29, 1.82) is 0 Å². The van der Waals surface area contributed by atoms with Gasteiger partial charge in [0.15, 0.2) is 15.8 Å². The molecule has 4 rings (SSSR count). The Bertz CT molecular complexity index is 919. The molecular formula is C17H17F3N6S. The normalized spacial score (nSPS) is 15.8. The molecule has 0 aliphatic heterocycles. The van der Waals surface area contributed by atoms with Crippen LogP contribution in [-0.4, -0.2) is 26.0 Å². The lowest BCUT2D eigenvalue weighted by Crippen LogP contribution is -2.21. The first-order valence-corrected chi connectivity index (χ1v) is 9.49. The maximum absolute atomic E-state index is 12.6. The highest BCUT2D eigenvalue weighted by molar-refractivity contribution is 7.21. The molecule has 1 fully saturated rings. The minimum Gasteiger partial charge on any atom is -0.359 e. The first-order valence-electron chi connectivity index (χ1n) is 8.67. The zero-order valence-electron chi connectivity index (χ0n) is 14.3. The van der Waals surface area contributed by atoms with Crippen LogP contribution >= 0.6 is 11.3 Å². The summed E-state index contributed by atoms with van der Waals surface area (Å²) in [6.07, 6.45) is 4.04. The van der Waals surface area contributed by atoms with Crippen LogP contribution in [0.5, 0.6) is 0 Å².